The third kappa shape index (κ3) is 7.00. The Kier molecular flexibility index (Phi) is 8.00. The SMILES string of the molecule is CN(CCOc1cc2c(Nc3ccc(S(=O)(=O)c4ccccc4)cc3)ncnc2cn1)CCS(C)(=O)=O. The van der Waals surface area contributed by atoms with Crippen molar-refractivity contribution >= 4 is 42.1 Å². The van der Waals surface area contributed by atoms with Gasteiger partial charge < -0.3 is 15.0 Å². The van der Waals surface area contributed by atoms with E-state index in [-0.39, 0.29) is 15.5 Å². The minimum Gasteiger partial charge on any atom is -0.476 e. The second kappa shape index (κ2) is 11.2. The highest BCUT2D eigenvalue weighted by molar-refractivity contribution is 7.91. The zero-order valence-corrected chi connectivity index (χ0v) is 22.0. The van der Waals surface area contributed by atoms with Gasteiger partial charge in [0.2, 0.25) is 15.7 Å². The van der Waals surface area contributed by atoms with Crippen molar-refractivity contribution in [1.82, 2.24) is 19.9 Å². The van der Waals surface area contributed by atoms with E-state index < -0.39 is 19.7 Å². The second-order valence-corrected chi connectivity index (χ2v) is 12.7. The van der Waals surface area contributed by atoms with E-state index in [4.69, 9.17) is 4.74 Å². The first-order valence-corrected chi connectivity index (χ1v) is 14.9. The van der Waals surface area contributed by atoms with Crippen LogP contribution in [0.2, 0.25) is 0 Å². The summed E-state index contributed by atoms with van der Waals surface area (Å²) in [4.78, 5) is 15.2. The van der Waals surface area contributed by atoms with E-state index in [0.29, 0.717) is 48.0 Å². The number of hydrogen-bond donors (Lipinski definition) is 1. The molecule has 0 aliphatic carbocycles. The fraction of sp³-hybridized carbons (Fsp3) is 0.240. The highest BCUT2D eigenvalue weighted by atomic mass is 32.2. The van der Waals surface area contributed by atoms with Crippen molar-refractivity contribution in [3.8, 4) is 5.88 Å². The van der Waals surface area contributed by atoms with Crippen LogP contribution in [0.1, 0.15) is 0 Å². The largest absolute Gasteiger partial charge is 0.476 e. The fourth-order valence-electron chi connectivity index (χ4n) is 3.45. The van der Waals surface area contributed by atoms with Gasteiger partial charge in [0.25, 0.3) is 0 Å². The topological polar surface area (TPSA) is 131 Å². The van der Waals surface area contributed by atoms with E-state index in [9.17, 15) is 16.8 Å². The molecule has 0 radical (unpaired) electrons. The van der Waals surface area contributed by atoms with Gasteiger partial charge in [-0.1, -0.05) is 18.2 Å². The lowest BCUT2D eigenvalue weighted by Crippen LogP contribution is -2.29. The minimum atomic E-state index is -3.61. The number of sulfone groups is 2. The van der Waals surface area contributed by atoms with Crippen LogP contribution in [0.5, 0.6) is 5.88 Å². The molecule has 0 amide bonds. The van der Waals surface area contributed by atoms with Crippen LogP contribution in [0.4, 0.5) is 11.5 Å². The highest BCUT2D eigenvalue weighted by Crippen LogP contribution is 2.27. The Labute approximate surface area is 216 Å². The van der Waals surface area contributed by atoms with E-state index in [1.807, 2.05) is 11.9 Å². The second-order valence-electron chi connectivity index (χ2n) is 8.51. The molecule has 2 heterocycles. The summed E-state index contributed by atoms with van der Waals surface area (Å²) in [7, 11) is -4.80. The smallest absolute Gasteiger partial charge is 0.214 e. The van der Waals surface area contributed by atoms with Crippen molar-refractivity contribution in [1.29, 1.82) is 0 Å². The van der Waals surface area contributed by atoms with Gasteiger partial charge in [-0.05, 0) is 43.4 Å². The highest BCUT2D eigenvalue weighted by Gasteiger charge is 2.17. The summed E-state index contributed by atoms with van der Waals surface area (Å²) in [5.74, 6) is 0.982. The molecule has 0 saturated carbocycles. The van der Waals surface area contributed by atoms with Gasteiger partial charge in [0, 0.05) is 36.5 Å². The maximum atomic E-state index is 12.8. The van der Waals surface area contributed by atoms with Crippen LogP contribution < -0.4 is 10.1 Å². The first kappa shape index (κ1) is 26.5. The molecule has 0 aliphatic heterocycles. The normalized spacial score (nSPS) is 12.1. The molecule has 1 N–H and O–H groups in total. The number of ether oxygens (including phenoxy) is 1. The standard InChI is InChI=1S/C25H27N5O5S2/c1-30(13-15-36(2,31)32)12-14-35-24-16-22-23(17-26-24)27-18-28-25(22)29-19-8-10-21(11-9-19)37(33,34)20-6-4-3-5-7-20/h3-11,16-18H,12-15H2,1-2H3,(H,27,28,29). The predicted octanol–water partition coefficient (Wildman–Crippen LogP) is 2.96. The van der Waals surface area contributed by atoms with Gasteiger partial charge in [0.05, 0.1) is 27.3 Å². The lowest BCUT2D eigenvalue weighted by molar-refractivity contribution is 0.238. The maximum absolute atomic E-state index is 12.8. The first-order chi connectivity index (χ1) is 17.6. The molecule has 194 valence electrons. The molecule has 4 rings (SSSR count). The lowest BCUT2D eigenvalue weighted by Gasteiger charge is -2.16. The van der Waals surface area contributed by atoms with Gasteiger partial charge in [0.15, 0.2) is 0 Å². The summed E-state index contributed by atoms with van der Waals surface area (Å²) in [6.07, 6.45) is 4.21. The molecule has 37 heavy (non-hydrogen) atoms. The van der Waals surface area contributed by atoms with Crippen LogP contribution in [0, 0.1) is 0 Å². The quantitative estimate of drug-likeness (QED) is 0.302. The van der Waals surface area contributed by atoms with Crippen LogP contribution in [0.15, 0.2) is 83.0 Å². The molecule has 0 fully saturated rings. The summed E-state index contributed by atoms with van der Waals surface area (Å²) in [5.41, 5.74) is 1.26. The van der Waals surface area contributed by atoms with Crippen molar-refractivity contribution in [3.05, 3.63) is 73.2 Å². The fourth-order valence-corrected chi connectivity index (χ4v) is 5.37. The van der Waals surface area contributed by atoms with Crippen molar-refractivity contribution < 1.29 is 21.6 Å². The van der Waals surface area contributed by atoms with Gasteiger partial charge in [-0.15, -0.1) is 0 Å². The number of rotatable bonds is 11. The molecule has 0 unspecified atom stereocenters. The molecule has 2 aromatic carbocycles. The number of likely N-dealkylation sites (N-methyl/N-ethyl adjacent to an activating group) is 1. The molecule has 0 spiro atoms. The van der Waals surface area contributed by atoms with Crippen molar-refractivity contribution in [2.24, 2.45) is 0 Å². The van der Waals surface area contributed by atoms with Gasteiger partial charge in [-0.25, -0.2) is 31.8 Å². The zero-order valence-electron chi connectivity index (χ0n) is 20.4. The molecular weight excluding hydrogens is 514 g/mol. The third-order valence-electron chi connectivity index (χ3n) is 5.54. The number of nitrogens with one attached hydrogen (secondary N) is 1. The Hall–Kier alpha value is -3.61. The van der Waals surface area contributed by atoms with Crippen LogP contribution in [0.25, 0.3) is 10.9 Å². The number of nitrogens with zero attached hydrogens (tertiary/aromatic N) is 4. The summed E-state index contributed by atoms with van der Waals surface area (Å²) in [6, 6.07) is 16.4. The van der Waals surface area contributed by atoms with Crippen molar-refractivity contribution in [2.75, 3.05) is 44.1 Å². The Bertz CT molecular complexity index is 1580. The van der Waals surface area contributed by atoms with Crippen LogP contribution in [-0.4, -0.2) is 75.4 Å². The van der Waals surface area contributed by atoms with Crippen molar-refractivity contribution in [3.63, 3.8) is 0 Å². The Morgan fingerprint density at radius 1 is 0.892 bits per heavy atom. The number of anilines is 2. The molecule has 0 atom stereocenters. The molecule has 4 aromatic rings. The first-order valence-electron chi connectivity index (χ1n) is 11.4. The molecule has 10 nitrogen and oxygen atoms in total. The average molecular weight is 542 g/mol. The molecule has 0 bridgehead atoms. The Balaban J connectivity index is 1.45. The van der Waals surface area contributed by atoms with E-state index >= 15 is 0 Å². The van der Waals surface area contributed by atoms with Gasteiger partial charge in [-0.3, -0.25) is 0 Å². The summed E-state index contributed by atoms with van der Waals surface area (Å²) < 4.78 is 54.1. The van der Waals surface area contributed by atoms with E-state index in [1.165, 1.54) is 12.6 Å². The van der Waals surface area contributed by atoms with Crippen LogP contribution >= 0.6 is 0 Å². The average Bonchev–Trinajstić information content (AvgIpc) is 2.88. The van der Waals surface area contributed by atoms with E-state index in [2.05, 4.69) is 20.3 Å². The number of hydrogen-bond acceptors (Lipinski definition) is 10. The van der Waals surface area contributed by atoms with Crippen LogP contribution in [-0.2, 0) is 19.7 Å². The van der Waals surface area contributed by atoms with E-state index in [0.717, 1.165) is 0 Å². The molecule has 12 heteroatoms. The Morgan fingerprint density at radius 2 is 1.59 bits per heavy atom. The molecule has 0 aliphatic rings. The number of aromatic nitrogens is 3. The minimum absolute atomic E-state index is 0.0866. The maximum Gasteiger partial charge on any atom is 0.214 e. The summed E-state index contributed by atoms with van der Waals surface area (Å²) in [5, 5.41) is 3.88. The number of benzene rings is 2. The number of fused-ring (bicyclic) bond motifs is 1. The van der Waals surface area contributed by atoms with E-state index in [1.54, 1.807) is 66.9 Å². The van der Waals surface area contributed by atoms with Crippen LogP contribution in [0.3, 0.4) is 0 Å². The predicted molar refractivity (Wildman–Crippen MR) is 142 cm³/mol. The monoisotopic (exact) mass is 541 g/mol. The number of pyridine rings is 1. The molecule has 0 saturated heterocycles. The lowest BCUT2D eigenvalue weighted by atomic mass is 10.2. The van der Waals surface area contributed by atoms with Gasteiger partial charge >= 0.3 is 0 Å². The van der Waals surface area contributed by atoms with Gasteiger partial charge in [-0.2, -0.15) is 0 Å². The van der Waals surface area contributed by atoms with Crippen molar-refractivity contribution in [2.45, 2.75) is 9.79 Å². The third-order valence-corrected chi connectivity index (χ3v) is 8.25. The van der Waals surface area contributed by atoms with Gasteiger partial charge in [0.1, 0.15) is 28.6 Å². The summed E-state index contributed by atoms with van der Waals surface area (Å²) in [6.45, 7) is 1.27. The zero-order chi connectivity index (χ0) is 26.5. The molecule has 2 aromatic heterocycles. The molecular formula is C25H27N5O5S2. The summed E-state index contributed by atoms with van der Waals surface area (Å²) >= 11 is 0. The Morgan fingerprint density at radius 3 is 2.30 bits per heavy atom.